The molecule has 0 radical (unpaired) electrons. The van der Waals surface area contributed by atoms with Crippen LogP contribution >= 0.6 is 0 Å². The van der Waals surface area contributed by atoms with Crippen LogP contribution in [0.15, 0.2) is 27.9 Å². The van der Waals surface area contributed by atoms with Gasteiger partial charge in [0.05, 0.1) is 16.2 Å². The van der Waals surface area contributed by atoms with E-state index in [-0.39, 0.29) is 45.6 Å². The molecule has 0 aliphatic carbocycles. The van der Waals surface area contributed by atoms with Gasteiger partial charge < -0.3 is 13.9 Å². The first-order valence-corrected chi connectivity index (χ1v) is 13.0. The number of alkyl halides is 3. The summed E-state index contributed by atoms with van der Waals surface area (Å²) in [5.41, 5.74) is -3.57. The Bertz CT molecular complexity index is 1540. The summed E-state index contributed by atoms with van der Waals surface area (Å²) in [7, 11) is -1.13. The molecule has 0 fully saturated rings. The molecule has 0 aliphatic rings. The zero-order valence-electron chi connectivity index (χ0n) is 21.5. The van der Waals surface area contributed by atoms with Crippen LogP contribution in [0, 0.1) is 0 Å². The summed E-state index contributed by atoms with van der Waals surface area (Å²) in [4.78, 5) is 34.9. The molecule has 202 valence electrons. The van der Waals surface area contributed by atoms with E-state index in [0.717, 1.165) is 11.0 Å². The normalized spacial score (nSPS) is 12.7. The van der Waals surface area contributed by atoms with Crippen LogP contribution in [0.25, 0.3) is 22.6 Å². The lowest BCUT2D eigenvalue weighted by Crippen LogP contribution is -2.34. The number of carbonyl (C=O) groups is 1. The van der Waals surface area contributed by atoms with Gasteiger partial charge in [-0.1, -0.05) is 6.92 Å². The number of anilines is 1. The Morgan fingerprint density at radius 1 is 1.14 bits per heavy atom. The van der Waals surface area contributed by atoms with Crippen LogP contribution in [0.5, 0.6) is 0 Å². The van der Waals surface area contributed by atoms with Crippen molar-refractivity contribution in [1.29, 1.82) is 0 Å². The molecule has 0 aromatic carbocycles. The van der Waals surface area contributed by atoms with Gasteiger partial charge in [0.25, 0.3) is 5.56 Å². The molecule has 1 amide bonds. The molecule has 3 heterocycles. The number of carbonyl (C=O) groups excluding carboxylic acids is 1. The minimum Gasteiger partial charge on any atom is -0.443 e. The first-order chi connectivity index (χ1) is 16.9. The number of fused-ring (bicyclic) bond motifs is 1. The highest BCUT2D eigenvalue weighted by Crippen LogP contribution is 2.33. The molecule has 0 saturated carbocycles. The lowest BCUT2D eigenvalue weighted by molar-refractivity contribution is -0.144. The molecule has 0 atom stereocenters. The van der Waals surface area contributed by atoms with Gasteiger partial charge in [0.2, 0.25) is 0 Å². The molecule has 3 rings (SSSR count). The van der Waals surface area contributed by atoms with Gasteiger partial charge in [0, 0.05) is 20.6 Å². The second kappa shape index (κ2) is 9.47. The van der Waals surface area contributed by atoms with Crippen LogP contribution in [0.4, 0.5) is 23.8 Å². The van der Waals surface area contributed by atoms with Crippen molar-refractivity contribution >= 4 is 32.8 Å². The zero-order chi connectivity index (χ0) is 28.1. The van der Waals surface area contributed by atoms with Crippen molar-refractivity contribution in [2.24, 2.45) is 7.05 Å². The summed E-state index contributed by atoms with van der Waals surface area (Å²) in [6.45, 7) is 7.60. The van der Waals surface area contributed by atoms with E-state index in [4.69, 9.17) is 4.74 Å². The maximum atomic E-state index is 13.6. The second-order valence-corrected chi connectivity index (χ2v) is 11.5. The molecule has 0 saturated heterocycles. The van der Waals surface area contributed by atoms with Crippen LogP contribution in [0.2, 0.25) is 0 Å². The molecule has 10 nitrogen and oxygen atoms in total. The summed E-state index contributed by atoms with van der Waals surface area (Å²) >= 11 is 0. The third-order valence-electron chi connectivity index (χ3n) is 5.52. The van der Waals surface area contributed by atoms with Gasteiger partial charge in [-0.3, -0.25) is 9.69 Å². The summed E-state index contributed by atoms with van der Waals surface area (Å²) in [5.74, 6) is -0.442. The predicted molar refractivity (Wildman–Crippen MR) is 131 cm³/mol. The van der Waals surface area contributed by atoms with Gasteiger partial charge in [-0.2, -0.15) is 13.2 Å². The van der Waals surface area contributed by atoms with Crippen molar-refractivity contribution < 1.29 is 31.1 Å². The Balaban J connectivity index is 2.34. The second-order valence-electron chi connectivity index (χ2n) is 9.26. The van der Waals surface area contributed by atoms with E-state index in [0.29, 0.717) is 4.57 Å². The van der Waals surface area contributed by atoms with Crippen LogP contribution in [0.1, 0.15) is 40.3 Å². The first kappa shape index (κ1) is 28.2. The maximum Gasteiger partial charge on any atom is 0.431 e. The van der Waals surface area contributed by atoms with E-state index in [1.807, 2.05) is 0 Å². The van der Waals surface area contributed by atoms with Crippen molar-refractivity contribution in [2.75, 3.05) is 17.7 Å². The monoisotopic (exact) mass is 543 g/mol. The fraction of sp³-hybridized carbons (Fsp3) is 0.478. The maximum absolute atomic E-state index is 13.6. The topological polar surface area (TPSA) is 116 Å². The fourth-order valence-electron chi connectivity index (χ4n) is 3.69. The number of aryl methyl sites for hydroxylation is 1. The minimum atomic E-state index is -4.81. The highest BCUT2D eigenvalue weighted by Gasteiger charge is 2.36. The standard InChI is InChI=1S/C23H28F3N5O5S/c1-8-31-15(23(24,25)26)12-13-18(20(31)32)30(7)19(27-13)17-14(37(34,35)9-2)10-11-16(28-17)29(6)21(33)36-22(3,4)5/h10-12H,8-9H2,1-7H3. The third kappa shape index (κ3) is 5.33. The molecule has 37 heavy (non-hydrogen) atoms. The van der Waals surface area contributed by atoms with Crippen molar-refractivity contribution in [3.63, 3.8) is 0 Å². The van der Waals surface area contributed by atoms with Crippen molar-refractivity contribution in [3.8, 4) is 11.5 Å². The predicted octanol–water partition coefficient (Wildman–Crippen LogP) is 4.00. The fourth-order valence-corrected chi connectivity index (χ4v) is 4.71. The van der Waals surface area contributed by atoms with Crippen LogP contribution in [0.3, 0.4) is 0 Å². The summed E-state index contributed by atoms with van der Waals surface area (Å²) in [6, 6.07) is 3.29. The van der Waals surface area contributed by atoms with Crippen LogP contribution in [-0.4, -0.2) is 52.0 Å². The average Bonchev–Trinajstić information content (AvgIpc) is 3.12. The molecule has 0 spiro atoms. The molecule has 0 unspecified atom stereocenters. The van der Waals surface area contributed by atoms with E-state index in [1.165, 1.54) is 44.6 Å². The zero-order valence-corrected chi connectivity index (χ0v) is 22.3. The largest absolute Gasteiger partial charge is 0.443 e. The van der Waals surface area contributed by atoms with E-state index in [1.54, 1.807) is 20.8 Å². The Morgan fingerprint density at radius 3 is 2.27 bits per heavy atom. The number of nitrogens with zero attached hydrogens (tertiary/aromatic N) is 5. The lowest BCUT2D eigenvalue weighted by atomic mass is 10.2. The molecule has 0 N–H and O–H groups in total. The van der Waals surface area contributed by atoms with Crippen LogP contribution in [-0.2, 0) is 34.3 Å². The van der Waals surface area contributed by atoms with E-state index in [2.05, 4.69) is 9.97 Å². The third-order valence-corrected chi connectivity index (χ3v) is 7.28. The van der Waals surface area contributed by atoms with E-state index >= 15 is 0 Å². The average molecular weight is 544 g/mol. The highest BCUT2D eigenvalue weighted by atomic mass is 32.2. The number of hydrogen-bond donors (Lipinski definition) is 0. The Hall–Kier alpha value is -3.42. The quantitative estimate of drug-likeness (QED) is 0.478. The lowest BCUT2D eigenvalue weighted by Gasteiger charge is -2.24. The highest BCUT2D eigenvalue weighted by molar-refractivity contribution is 7.91. The number of ether oxygens (including phenoxy) is 1. The number of rotatable bonds is 5. The van der Waals surface area contributed by atoms with Crippen molar-refractivity contribution in [1.82, 2.24) is 19.1 Å². The Labute approximate surface area is 211 Å². The Kier molecular flexibility index (Phi) is 7.21. The Morgan fingerprint density at radius 2 is 1.76 bits per heavy atom. The molecule has 14 heteroatoms. The summed E-state index contributed by atoms with van der Waals surface area (Å²) < 4.78 is 73.8. The molecular formula is C23H28F3N5O5S. The number of aromatic nitrogens is 4. The number of amides is 1. The summed E-state index contributed by atoms with van der Waals surface area (Å²) in [6.07, 6.45) is -5.57. The molecule has 0 aliphatic heterocycles. The molecule has 0 bridgehead atoms. The smallest absolute Gasteiger partial charge is 0.431 e. The van der Waals surface area contributed by atoms with Crippen LogP contribution < -0.4 is 10.5 Å². The van der Waals surface area contributed by atoms with Crippen molar-refractivity contribution in [2.45, 2.75) is 57.8 Å². The van der Waals surface area contributed by atoms with Gasteiger partial charge in [-0.15, -0.1) is 0 Å². The minimum absolute atomic E-state index is 0.00769. The molecule has 3 aromatic rings. The van der Waals surface area contributed by atoms with Gasteiger partial charge in [0.15, 0.2) is 15.7 Å². The van der Waals surface area contributed by atoms with Gasteiger partial charge in [-0.05, 0) is 45.9 Å². The SMILES string of the molecule is CCn1c(C(F)(F)F)cc2nc(-c3nc(N(C)C(=O)OC(C)(C)C)ccc3S(=O)(=O)CC)n(C)c2c1=O. The number of imidazole rings is 1. The summed E-state index contributed by atoms with van der Waals surface area (Å²) in [5, 5.41) is 0. The number of halogens is 3. The number of hydrogen-bond acceptors (Lipinski definition) is 7. The first-order valence-electron chi connectivity index (χ1n) is 11.3. The number of pyridine rings is 2. The van der Waals surface area contributed by atoms with Crippen molar-refractivity contribution in [3.05, 3.63) is 34.2 Å². The van der Waals surface area contributed by atoms with Gasteiger partial charge >= 0.3 is 12.3 Å². The molecular weight excluding hydrogens is 515 g/mol. The molecule has 3 aromatic heterocycles. The van der Waals surface area contributed by atoms with E-state index in [9.17, 15) is 31.2 Å². The number of sulfone groups is 1. The van der Waals surface area contributed by atoms with Gasteiger partial charge in [0.1, 0.15) is 28.3 Å². The van der Waals surface area contributed by atoms with Gasteiger partial charge in [-0.25, -0.2) is 23.2 Å². The van der Waals surface area contributed by atoms with E-state index < -0.39 is 39.0 Å².